The van der Waals surface area contributed by atoms with Gasteiger partial charge in [0.25, 0.3) is 11.5 Å². The number of aryl methyl sites for hydroxylation is 2. The molecule has 3 aromatic rings. The molecule has 28 heavy (non-hydrogen) atoms. The van der Waals surface area contributed by atoms with Crippen molar-refractivity contribution >= 4 is 22.9 Å². The van der Waals surface area contributed by atoms with Crippen molar-refractivity contribution in [3.8, 4) is 0 Å². The Hall–Kier alpha value is -3.25. The standard InChI is InChI=1S/C22H23N3O3/c1-2-20-23-19-15-17(11-13-21(26)24-28)10-12-18(19)22(27)25(20)14-6-9-16-7-4-3-5-8-16/h3-5,7-8,10-13,15,28H,2,6,9,14H2,1H3,(H,24,26). The Labute approximate surface area is 163 Å². The number of carbonyl (C=O) groups excluding carboxylic acids is 1. The summed E-state index contributed by atoms with van der Waals surface area (Å²) in [5, 5.41) is 9.11. The highest BCUT2D eigenvalue weighted by Crippen LogP contribution is 2.14. The third-order valence-corrected chi connectivity index (χ3v) is 4.60. The average molecular weight is 377 g/mol. The lowest BCUT2D eigenvalue weighted by atomic mass is 10.1. The van der Waals surface area contributed by atoms with Crippen LogP contribution < -0.4 is 11.0 Å². The summed E-state index contributed by atoms with van der Waals surface area (Å²) in [6.45, 7) is 2.61. The van der Waals surface area contributed by atoms with E-state index >= 15 is 0 Å². The van der Waals surface area contributed by atoms with Gasteiger partial charge >= 0.3 is 0 Å². The fourth-order valence-corrected chi connectivity index (χ4v) is 3.18. The quantitative estimate of drug-likeness (QED) is 0.376. The Balaban J connectivity index is 1.87. The molecular weight excluding hydrogens is 354 g/mol. The van der Waals surface area contributed by atoms with E-state index in [1.165, 1.54) is 11.6 Å². The van der Waals surface area contributed by atoms with Gasteiger partial charge in [0, 0.05) is 19.0 Å². The van der Waals surface area contributed by atoms with Gasteiger partial charge in [0.15, 0.2) is 0 Å². The van der Waals surface area contributed by atoms with Crippen molar-refractivity contribution in [2.45, 2.75) is 32.7 Å². The molecule has 6 nitrogen and oxygen atoms in total. The number of carbonyl (C=O) groups is 1. The molecule has 0 aliphatic carbocycles. The molecule has 3 rings (SSSR count). The third kappa shape index (κ3) is 4.53. The van der Waals surface area contributed by atoms with E-state index in [1.54, 1.807) is 34.3 Å². The second kappa shape index (κ2) is 9.10. The van der Waals surface area contributed by atoms with Gasteiger partial charge in [-0.15, -0.1) is 0 Å². The number of aromatic nitrogens is 2. The summed E-state index contributed by atoms with van der Waals surface area (Å²) < 4.78 is 1.76. The van der Waals surface area contributed by atoms with Gasteiger partial charge in [-0.2, -0.15) is 0 Å². The Morgan fingerprint density at radius 3 is 2.71 bits per heavy atom. The van der Waals surface area contributed by atoms with E-state index in [0.29, 0.717) is 23.9 Å². The van der Waals surface area contributed by atoms with Crippen LogP contribution in [0, 0.1) is 0 Å². The highest BCUT2D eigenvalue weighted by Gasteiger charge is 2.10. The van der Waals surface area contributed by atoms with E-state index in [4.69, 9.17) is 5.21 Å². The van der Waals surface area contributed by atoms with E-state index in [-0.39, 0.29) is 5.56 Å². The van der Waals surface area contributed by atoms with Crippen molar-refractivity contribution in [2.75, 3.05) is 0 Å². The van der Waals surface area contributed by atoms with Crippen LogP contribution in [0.25, 0.3) is 17.0 Å². The molecule has 0 fully saturated rings. The number of hydrogen-bond acceptors (Lipinski definition) is 4. The predicted octanol–water partition coefficient (Wildman–Crippen LogP) is 3.11. The maximum absolute atomic E-state index is 13.0. The van der Waals surface area contributed by atoms with Crippen LogP contribution in [-0.2, 0) is 24.2 Å². The molecule has 0 bridgehead atoms. The zero-order valence-corrected chi connectivity index (χ0v) is 15.8. The van der Waals surface area contributed by atoms with Crippen LogP contribution in [0.4, 0.5) is 0 Å². The van der Waals surface area contributed by atoms with E-state index < -0.39 is 5.91 Å². The van der Waals surface area contributed by atoms with Gasteiger partial charge in [-0.05, 0) is 42.2 Å². The lowest BCUT2D eigenvalue weighted by Crippen LogP contribution is -2.25. The highest BCUT2D eigenvalue weighted by atomic mass is 16.5. The summed E-state index contributed by atoms with van der Waals surface area (Å²) in [6.07, 6.45) is 5.20. The number of hydroxylamine groups is 1. The molecule has 0 aliphatic rings. The summed E-state index contributed by atoms with van der Waals surface area (Å²) in [5.74, 6) is 0.135. The van der Waals surface area contributed by atoms with Gasteiger partial charge in [-0.3, -0.25) is 19.4 Å². The average Bonchev–Trinajstić information content (AvgIpc) is 2.73. The molecule has 2 N–H and O–H groups in total. The van der Waals surface area contributed by atoms with Crippen molar-refractivity contribution < 1.29 is 10.0 Å². The smallest absolute Gasteiger partial charge is 0.267 e. The molecule has 0 unspecified atom stereocenters. The molecule has 0 saturated heterocycles. The minimum Gasteiger partial charge on any atom is -0.296 e. The fourth-order valence-electron chi connectivity index (χ4n) is 3.18. The molecule has 1 aromatic heterocycles. The lowest BCUT2D eigenvalue weighted by Gasteiger charge is -2.13. The van der Waals surface area contributed by atoms with Gasteiger partial charge in [0.05, 0.1) is 10.9 Å². The molecular formula is C22H23N3O3. The summed E-state index contributed by atoms with van der Waals surface area (Å²) in [4.78, 5) is 28.8. The van der Waals surface area contributed by atoms with Gasteiger partial charge in [-0.25, -0.2) is 10.5 Å². The van der Waals surface area contributed by atoms with Crippen LogP contribution in [0.15, 0.2) is 59.4 Å². The fraction of sp³-hybridized carbons (Fsp3) is 0.227. The number of rotatable bonds is 7. The van der Waals surface area contributed by atoms with Gasteiger partial charge in [-0.1, -0.05) is 43.3 Å². The van der Waals surface area contributed by atoms with E-state index in [9.17, 15) is 9.59 Å². The van der Waals surface area contributed by atoms with Crippen molar-refractivity contribution in [2.24, 2.45) is 0 Å². The lowest BCUT2D eigenvalue weighted by molar-refractivity contribution is -0.124. The molecule has 2 aromatic carbocycles. The first-order valence-corrected chi connectivity index (χ1v) is 9.32. The van der Waals surface area contributed by atoms with Crippen LogP contribution in [0.5, 0.6) is 0 Å². The second-order valence-corrected chi connectivity index (χ2v) is 6.51. The molecule has 0 saturated carbocycles. The SMILES string of the molecule is CCc1nc2cc(C=CC(=O)NO)ccc2c(=O)n1CCCc1ccccc1. The van der Waals surface area contributed by atoms with Crippen LogP contribution in [0.1, 0.15) is 30.3 Å². The molecule has 1 heterocycles. The summed E-state index contributed by atoms with van der Waals surface area (Å²) >= 11 is 0. The number of hydrogen-bond donors (Lipinski definition) is 2. The Bertz CT molecular complexity index is 1060. The number of fused-ring (bicyclic) bond motifs is 1. The van der Waals surface area contributed by atoms with E-state index in [0.717, 1.165) is 24.2 Å². The zero-order valence-electron chi connectivity index (χ0n) is 15.8. The minimum atomic E-state index is -0.615. The molecule has 0 spiro atoms. The zero-order chi connectivity index (χ0) is 19.9. The second-order valence-electron chi connectivity index (χ2n) is 6.51. The molecule has 6 heteroatoms. The Morgan fingerprint density at radius 1 is 1.21 bits per heavy atom. The summed E-state index contributed by atoms with van der Waals surface area (Å²) in [7, 11) is 0. The van der Waals surface area contributed by atoms with Crippen LogP contribution in [0.3, 0.4) is 0 Å². The van der Waals surface area contributed by atoms with Crippen molar-refractivity contribution in [1.82, 2.24) is 15.0 Å². The van der Waals surface area contributed by atoms with E-state index in [1.807, 2.05) is 25.1 Å². The maximum atomic E-state index is 13.0. The van der Waals surface area contributed by atoms with Crippen LogP contribution >= 0.6 is 0 Å². The number of benzene rings is 2. The van der Waals surface area contributed by atoms with Crippen molar-refractivity contribution in [3.63, 3.8) is 0 Å². The monoisotopic (exact) mass is 377 g/mol. The number of nitrogens with one attached hydrogen (secondary N) is 1. The molecule has 0 radical (unpaired) electrons. The first-order chi connectivity index (χ1) is 13.6. The Morgan fingerprint density at radius 2 is 2.00 bits per heavy atom. The third-order valence-electron chi connectivity index (χ3n) is 4.60. The molecule has 0 atom stereocenters. The predicted molar refractivity (Wildman–Crippen MR) is 109 cm³/mol. The van der Waals surface area contributed by atoms with Crippen LogP contribution in [0.2, 0.25) is 0 Å². The number of nitrogens with zero attached hydrogens (tertiary/aromatic N) is 2. The first-order valence-electron chi connectivity index (χ1n) is 9.32. The van der Waals surface area contributed by atoms with Gasteiger partial charge < -0.3 is 0 Å². The Kier molecular flexibility index (Phi) is 6.34. The summed E-state index contributed by atoms with van der Waals surface area (Å²) in [6, 6.07) is 15.5. The van der Waals surface area contributed by atoms with E-state index in [2.05, 4.69) is 17.1 Å². The van der Waals surface area contributed by atoms with Crippen LogP contribution in [-0.4, -0.2) is 20.7 Å². The highest BCUT2D eigenvalue weighted by molar-refractivity contribution is 5.91. The normalized spacial score (nSPS) is 11.2. The molecule has 1 amide bonds. The molecule has 144 valence electrons. The minimum absolute atomic E-state index is 0.0430. The maximum Gasteiger partial charge on any atom is 0.267 e. The first kappa shape index (κ1) is 19.5. The van der Waals surface area contributed by atoms with Gasteiger partial charge in [0.1, 0.15) is 5.82 Å². The van der Waals surface area contributed by atoms with Crippen molar-refractivity contribution in [3.05, 3.63) is 81.9 Å². The topological polar surface area (TPSA) is 84.2 Å². The largest absolute Gasteiger partial charge is 0.296 e. The number of amides is 1. The van der Waals surface area contributed by atoms with Crippen molar-refractivity contribution in [1.29, 1.82) is 0 Å². The summed E-state index contributed by atoms with van der Waals surface area (Å²) in [5.41, 5.74) is 4.09. The van der Waals surface area contributed by atoms with Gasteiger partial charge in [0.2, 0.25) is 0 Å². The molecule has 0 aliphatic heterocycles.